The van der Waals surface area contributed by atoms with Crippen LogP contribution in [0.3, 0.4) is 0 Å². The molecule has 0 aliphatic carbocycles. The molecular weight excluding hydrogens is 254 g/mol. The second kappa shape index (κ2) is 4.45. The number of aromatic nitrogens is 3. The van der Waals surface area contributed by atoms with E-state index in [0.29, 0.717) is 11.3 Å². The van der Waals surface area contributed by atoms with Gasteiger partial charge >= 0.3 is 5.97 Å². The van der Waals surface area contributed by atoms with E-state index in [1.165, 1.54) is 5.56 Å². The average Bonchev–Trinajstić information content (AvgIpc) is 2.75. The zero-order valence-corrected chi connectivity index (χ0v) is 11.2. The maximum atomic E-state index is 11.3. The largest absolute Gasteiger partial charge is 0.477 e. The highest BCUT2D eigenvalue weighted by Gasteiger charge is 2.19. The first-order valence-corrected chi connectivity index (χ1v) is 6.22. The Balaban J connectivity index is 2.30. The number of fused-ring (bicyclic) bond motifs is 1. The standard InChI is InChI=1S/C15H13N3O2/c1-9-3-5-11(6-4-9)12-7-8-16-14-13(15(19)20)10(2)17-18(12)14/h3-8H,1-2H3,(H,19,20). The first-order chi connectivity index (χ1) is 9.58. The number of hydrogen-bond acceptors (Lipinski definition) is 3. The van der Waals surface area contributed by atoms with Gasteiger partial charge in [-0.1, -0.05) is 29.8 Å². The van der Waals surface area contributed by atoms with E-state index in [2.05, 4.69) is 10.1 Å². The summed E-state index contributed by atoms with van der Waals surface area (Å²) in [6, 6.07) is 9.82. The van der Waals surface area contributed by atoms with Crippen molar-refractivity contribution in [3.63, 3.8) is 0 Å². The van der Waals surface area contributed by atoms with Crippen LogP contribution in [0.1, 0.15) is 21.6 Å². The van der Waals surface area contributed by atoms with Gasteiger partial charge in [-0.05, 0) is 19.9 Å². The fraction of sp³-hybridized carbons (Fsp3) is 0.133. The Labute approximate surface area is 115 Å². The number of carboxylic acids is 1. The molecule has 0 amide bonds. The number of benzene rings is 1. The third-order valence-electron chi connectivity index (χ3n) is 3.25. The van der Waals surface area contributed by atoms with Gasteiger partial charge in [-0.25, -0.2) is 14.3 Å². The van der Waals surface area contributed by atoms with E-state index in [0.717, 1.165) is 11.3 Å². The molecule has 2 heterocycles. The number of aromatic carboxylic acids is 1. The van der Waals surface area contributed by atoms with Gasteiger partial charge in [0.1, 0.15) is 5.56 Å². The molecule has 100 valence electrons. The molecule has 0 aliphatic heterocycles. The average molecular weight is 267 g/mol. The summed E-state index contributed by atoms with van der Waals surface area (Å²) in [5.74, 6) is -1.01. The first kappa shape index (κ1) is 12.3. The molecule has 0 aliphatic rings. The van der Waals surface area contributed by atoms with E-state index in [9.17, 15) is 9.90 Å². The minimum atomic E-state index is -1.01. The highest BCUT2D eigenvalue weighted by Crippen LogP contribution is 2.22. The van der Waals surface area contributed by atoms with Gasteiger partial charge in [0, 0.05) is 11.8 Å². The van der Waals surface area contributed by atoms with Crippen LogP contribution in [-0.4, -0.2) is 25.7 Å². The van der Waals surface area contributed by atoms with Crippen molar-refractivity contribution in [2.45, 2.75) is 13.8 Å². The molecule has 0 spiro atoms. The van der Waals surface area contributed by atoms with Crippen LogP contribution in [0.25, 0.3) is 16.9 Å². The maximum Gasteiger partial charge on any atom is 0.341 e. The van der Waals surface area contributed by atoms with Crippen LogP contribution in [0.5, 0.6) is 0 Å². The lowest BCUT2D eigenvalue weighted by Crippen LogP contribution is -2.00. The zero-order valence-electron chi connectivity index (χ0n) is 11.2. The number of hydrogen-bond donors (Lipinski definition) is 1. The lowest BCUT2D eigenvalue weighted by Gasteiger charge is -2.05. The Morgan fingerprint density at radius 3 is 2.50 bits per heavy atom. The van der Waals surface area contributed by atoms with Crippen molar-refractivity contribution in [3.8, 4) is 11.3 Å². The number of nitrogens with zero attached hydrogens (tertiary/aromatic N) is 3. The summed E-state index contributed by atoms with van der Waals surface area (Å²) in [5, 5.41) is 13.6. The van der Waals surface area contributed by atoms with Gasteiger partial charge in [-0.15, -0.1) is 0 Å². The Morgan fingerprint density at radius 2 is 1.85 bits per heavy atom. The van der Waals surface area contributed by atoms with Gasteiger partial charge in [0.25, 0.3) is 0 Å². The minimum Gasteiger partial charge on any atom is -0.477 e. The number of carboxylic acid groups (broad SMARTS) is 1. The van der Waals surface area contributed by atoms with Gasteiger partial charge in [0.2, 0.25) is 0 Å². The number of aryl methyl sites for hydroxylation is 2. The SMILES string of the molecule is Cc1ccc(-c2ccnc3c(C(=O)O)c(C)nn23)cc1. The summed E-state index contributed by atoms with van der Waals surface area (Å²) in [5.41, 5.74) is 3.95. The van der Waals surface area contributed by atoms with Crippen molar-refractivity contribution in [1.82, 2.24) is 14.6 Å². The van der Waals surface area contributed by atoms with Crippen molar-refractivity contribution in [1.29, 1.82) is 0 Å². The van der Waals surface area contributed by atoms with Crippen molar-refractivity contribution in [2.75, 3.05) is 0 Å². The van der Waals surface area contributed by atoms with Crippen molar-refractivity contribution in [3.05, 3.63) is 53.3 Å². The van der Waals surface area contributed by atoms with E-state index in [4.69, 9.17) is 0 Å². The van der Waals surface area contributed by atoms with Crippen molar-refractivity contribution in [2.24, 2.45) is 0 Å². The fourth-order valence-corrected chi connectivity index (χ4v) is 2.24. The molecular formula is C15H13N3O2. The highest BCUT2D eigenvalue weighted by atomic mass is 16.4. The fourth-order valence-electron chi connectivity index (χ4n) is 2.24. The number of carbonyl (C=O) groups is 1. The molecule has 0 unspecified atom stereocenters. The van der Waals surface area contributed by atoms with Gasteiger partial charge in [-0.2, -0.15) is 5.10 Å². The highest BCUT2D eigenvalue weighted by molar-refractivity contribution is 5.96. The quantitative estimate of drug-likeness (QED) is 0.775. The molecule has 0 fully saturated rings. The smallest absolute Gasteiger partial charge is 0.341 e. The van der Waals surface area contributed by atoms with Crippen LogP contribution in [0.15, 0.2) is 36.5 Å². The molecule has 5 nitrogen and oxygen atoms in total. The minimum absolute atomic E-state index is 0.152. The van der Waals surface area contributed by atoms with E-state index in [1.807, 2.05) is 37.3 Å². The summed E-state index contributed by atoms with van der Waals surface area (Å²) in [6.45, 7) is 3.70. The summed E-state index contributed by atoms with van der Waals surface area (Å²) in [7, 11) is 0. The third-order valence-corrected chi connectivity index (χ3v) is 3.25. The summed E-state index contributed by atoms with van der Waals surface area (Å²) in [4.78, 5) is 15.4. The van der Waals surface area contributed by atoms with E-state index < -0.39 is 5.97 Å². The molecule has 0 saturated heterocycles. The first-order valence-electron chi connectivity index (χ1n) is 6.22. The zero-order chi connectivity index (χ0) is 14.3. The van der Waals surface area contributed by atoms with Crippen LogP contribution >= 0.6 is 0 Å². The van der Waals surface area contributed by atoms with Crippen LogP contribution < -0.4 is 0 Å². The summed E-state index contributed by atoms with van der Waals surface area (Å²) < 4.78 is 1.59. The Hall–Kier alpha value is -2.69. The Bertz CT molecular complexity index is 804. The topological polar surface area (TPSA) is 67.5 Å². The summed E-state index contributed by atoms with van der Waals surface area (Å²) in [6.07, 6.45) is 1.61. The van der Waals surface area contributed by atoms with E-state index in [1.54, 1.807) is 17.6 Å². The van der Waals surface area contributed by atoms with E-state index in [-0.39, 0.29) is 5.56 Å². The molecule has 1 aromatic carbocycles. The lowest BCUT2D eigenvalue weighted by molar-refractivity contribution is 0.0698. The molecule has 20 heavy (non-hydrogen) atoms. The number of rotatable bonds is 2. The molecule has 0 saturated carbocycles. The molecule has 2 aromatic heterocycles. The predicted molar refractivity (Wildman–Crippen MR) is 74.9 cm³/mol. The summed E-state index contributed by atoms with van der Waals surface area (Å²) >= 11 is 0. The third kappa shape index (κ3) is 1.84. The molecule has 3 rings (SSSR count). The van der Waals surface area contributed by atoms with Crippen LogP contribution in [0.4, 0.5) is 0 Å². The van der Waals surface area contributed by atoms with Crippen LogP contribution in [-0.2, 0) is 0 Å². The van der Waals surface area contributed by atoms with Gasteiger partial charge in [0.05, 0.1) is 11.4 Å². The maximum absolute atomic E-state index is 11.3. The van der Waals surface area contributed by atoms with Gasteiger partial charge in [0.15, 0.2) is 5.65 Å². The Kier molecular flexibility index (Phi) is 2.75. The van der Waals surface area contributed by atoms with Crippen molar-refractivity contribution < 1.29 is 9.90 Å². The second-order valence-electron chi connectivity index (χ2n) is 4.70. The van der Waals surface area contributed by atoms with Gasteiger partial charge in [-0.3, -0.25) is 0 Å². The Morgan fingerprint density at radius 1 is 1.15 bits per heavy atom. The van der Waals surface area contributed by atoms with E-state index >= 15 is 0 Å². The van der Waals surface area contributed by atoms with Crippen molar-refractivity contribution >= 4 is 11.6 Å². The van der Waals surface area contributed by atoms with Crippen LogP contribution in [0, 0.1) is 13.8 Å². The second-order valence-corrected chi connectivity index (χ2v) is 4.70. The molecule has 0 bridgehead atoms. The molecule has 0 radical (unpaired) electrons. The molecule has 5 heteroatoms. The predicted octanol–water partition coefficient (Wildman–Crippen LogP) is 2.71. The monoisotopic (exact) mass is 267 g/mol. The lowest BCUT2D eigenvalue weighted by atomic mass is 10.1. The molecule has 1 N–H and O–H groups in total. The molecule has 3 aromatic rings. The van der Waals surface area contributed by atoms with Gasteiger partial charge < -0.3 is 5.11 Å². The molecule has 0 atom stereocenters. The normalized spacial score (nSPS) is 10.9. The van der Waals surface area contributed by atoms with Crippen LogP contribution in [0.2, 0.25) is 0 Å².